The number of carbonyl (C=O) groups is 1. The van der Waals surface area contributed by atoms with Crippen LogP contribution in [-0.2, 0) is 23.9 Å². The van der Waals surface area contributed by atoms with Gasteiger partial charge in [-0.1, -0.05) is 11.6 Å². The number of fused-ring (bicyclic) bond motifs is 1. The van der Waals surface area contributed by atoms with Crippen LogP contribution in [0.25, 0.3) is 0 Å². The van der Waals surface area contributed by atoms with E-state index < -0.39 is 60.9 Å². The minimum absolute atomic E-state index is 0.114. The molecule has 0 N–H and O–H groups in total. The van der Waals surface area contributed by atoms with Gasteiger partial charge in [0.15, 0.2) is 0 Å². The lowest BCUT2D eigenvalue weighted by Gasteiger charge is -2.32. The molecule has 1 saturated heterocycles. The summed E-state index contributed by atoms with van der Waals surface area (Å²) in [4.78, 5) is 31.0. The minimum atomic E-state index is -4.67. The van der Waals surface area contributed by atoms with Gasteiger partial charge in [0.25, 0.3) is 0 Å². The van der Waals surface area contributed by atoms with E-state index in [0.717, 1.165) is 22.1 Å². The molecular weight excluding hydrogens is 480 g/mol. The molecule has 0 aromatic carbocycles. The van der Waals surface area contributed by atoms with Gasteiger partial charge in [0.1, 0.15) is 11.9 Å². The van der Waals surface area contributed by atoms with Gasteiger partial charge in [-0.05, 0) is 25.3 Å². The van der Waals surface area contributed by atoms with Crippen molar-refractivity contribution in [2.24, 2.45) is 5.92 Å². The Bertz CT molecular complexity index is 1120. The Kier molecular flexibility index (Phi) is 5.95. The van der Waals surface area contributed by atoms with Crippen molar-refractivity contribution in [1.29, 1.82) is 0 Å². The highest BCUT2D eigenvalue weighted by molar-refractivity contribution is 6.31. The second-order valence-corrected chi connectivity index (χ2v) is 8.51. The Labute approximate surface area is 187 Å². The van der Waals surface area contributed by atoms with Crippen molar-refractivity contribution < 1.29 is 31.1 Å². The molecule has 0 saturated carbocycles. The third kappa shape index (κ3) is 4.59. The molecule has 14 heteroatoms. The molecule has 2 aliphatic rings. The van der Waals surface area contributed by atoms with Crippen LogP contribution in [0.5, 0.6) is 0 Å². The van der Waals surface area contributed by atoms with Crippen molar-refractivity contribution in [3.8, 4) is 0 Å². The van der Waals surface area contributed by atoms with Crippen molar-refractivity contribution in [2.45, 2.75) is 50.6 Å². The van der Waals surface area contributed by atoms with Crippen LogP contribution in [-0.4, -0.2) is 49.4 Å². The van der Waals surface area contributed by atoms with Crippen LogP contribution < -0.4 is 5.69 Å². The minimum Gasteiger partial charge on any atom is -0.341 e. The SMILES string of the molecule is O=C(C1CC(C(F)(F)F)Cc2nn(Cc3ncc(C(F)(F)F)cc3Cl)c(=O)n21)N1CCCC1. The maximum absolute atomic E-state index is 13.5. The van der Waals surface area contributed by atoms with E-state index in [4.69, 9.17) is 11.6 Å². The highest BCUT2D eigenvalue weighted by atomic mass is 35.5. The number of pyridine rings is 1. The predicted octanol–water partition coefficient (Wildman–Crippen LogP) is 3.45. The Hall–Kier alpha value is -2.57. The monoisotopic (exact) mass is 497 g/mol. The van der Waals surface area contributed by atoms with Crippen LogP contribution in [0.15, 0.2) is 17.1 Å². The average molecular weight is 498 g/mol. The van der Waals surface area contributed by atoms with E-state index >= 15 is 0 Å². The molecule has 180 valence electrons. The van der Waals surface area contributed by atoms with Gasteiger partial charge in [0, 0.05) is 25.7 Å². The Balaban J connectivity index is 1.70. The summed E-state index contributed by atoms with van der Waals surface area (Å²) >= 11 is 5.89. The Morgan fingerprint density at radius 3 is 2.39 bits per heavy atom. The summed E-state index contributed by atoms with van der Waals surface area (Å²) in [5.41, 5.74) is -2.05. The molecule has 2 aromatic rings. The van der Waals surface area contributed by atoms with Gasteiger partial charge in [-0.3, -0.25) is 14.3 Å². The second-order valence-electron chi connectivity index (χ2n) is 8.10. The molecule has 4 heterocycles. The summed E-state index contributed by atoms with van der Waals surface area (Å²) in [5.74, 6) is -2.64. The number of hydrogen-bond donors (Lipinski definition) is 0. The summed E-state index contributed by atoms with van der Waals surface area (Å²) < 4.78 is 80.8. The normalized spacial score (nSPS) is 21.4. The van der Waals surface area contributed by atoms with Gasteiger partial charge in [-0.15, -0.1) is 0 Å². The number of nitrogens with zero attached hydrogens (tertiary/aromatic N) is 5. The van der Waals surface area contributed by atoms with Gasteiger partial charge < -0.3 is 4.90 Å². The summed E-state index contributed by atoms with van der Waals surface area (Å²) in [5, 5.41) is 3.58. The summed E-state index contributed by atoms with van der Waals surface area (Å²) in [7, 11) is 0. The highest BCUT2D eigenvalue weighted by Crippen LogP contribution is 2.39. The molecule has 0 spiro atoms. The number of halogens is 7. The van der Waals surface area contributed by atoms with Gasteiger partial charge in [-0.25, -0.2) is 9.48 Å². The van der Waals surface area contributed by atoms with Crippen LogP contribution in [0.2, 0.25) is 5.02 Å². The smallest absolute Gasteiger partial charge is 0.341 e. The third-order valence-electron chi connectivity index (χ3n) is 5.90. The first-order chi connectivity index (χ1) is 15.4. The second kappa shape index (κ2) is 8.33. The fourth-order valence-corrected chi connectivity index (χ4v) is 4.41. The van der Waals surface area contributed by atoms with Crippen molar-refractivity contribution in [3.05, 3.63) is 44.9 Å². The van der Waals surface area contributed by atoms with E-state index in [1.807, 2.05) is 0 Å². The number of rotatable bonds is 3. The summed E-state index contributed by atoms with van der Waals surface area (Å²) in [6, 6.07) is -0.722. The predicted molar refractivity (Wildman–Crippen MR) is 103 cm³/mol. The van der Waals surface area contributed by atoms with Crippen LogP contribution in [0.4, 0.5) is 26.3 Å². The summed E-state index contributed by atoms with van der Waals surface area (Å²) in [6.45, 7) is 0.335. The largest absolute Gasteiger partial charge is 0.417 e. The molecule has 33 heavy (non-hydrogen) atoms. The van der Waals surface area contributed by atoms with E-state index in [1.165, 1.54) is 4.90 Å². The van der Waals surface area contributed by atoms with Crippen molar-refractivity contribution in [2.75, 3.05) is 13.1 Å². The molecule has 2 aromatic heterocycles. The average Bonchev–Trinajstić information content (AvgIpc) is 3.36. The number of amides is 1. The molecule has 1 fully saturated rings. The fourth-order valence-electron chi connectivity index (χ4n) is 4.19. The lowest BCUT2D eigenvalue weighted by molar-refractivity contribution is -0.183. The zero-order valence-electron chi connectivity index (χ0n) is 17.0. The fraction of sp³-hybridized carbons (Fsp3) is 0.579. The number of carbonyl (C=O) groups excluding carboxylic acids is 1. The van der Waals surface area contributed by atoms with E-state index in [2.05, 4.69) is 10.1 Å². The molecule has 7 nitrogen and oxygen atoms in total. The van der Waals surface area contributed by atoms with E-state index in [9.17, 15) is 35.9 Å². The Morgan fingerprint density at radius 1 is 1.15 bits per heavy atom. The van der Waals surface area contributed by atoms with Gasteiger partial charge in [0.05, 0.1) is 28.7 Å². The number of alkyl halides is 6. The Morgan fingerprint density at radius 2 is 1.82 bits per heavy atom. The van der Waals surface area contributed by atoms with Crippen molar-refractivity contribution >= 4 is 17.5 Å². The summed E-state index contributed by atoms with van der Waals surface area (Å²) in [6.07, 6.45) is -8.45. The first-order valence-electron chi connectivity index (χ1n) is 10.1. The van der Waals surface area contributed by atoms with Crippen LogP contribution in [0.1, 0.15) is 42.4 Å². The van der Waals surface area contributed by atoms with Crippen molar-refractivity contribution in [3.63, 3.8) is 0 Å². The molecule has 2 aliphatic heterocycles. The quantitative estimate of drug-likeness (QED) is 0.609. The lowest BCUT2D eigenvalue weighted by atomic mass is 9.91. The molecule has 2 unspecified atom stereocenters. The van der Waals surface area contributed by atoms with E-state index in [-0.39, 0.29) is 16.5 Å². The number of likely N-dealkylation sites (tertiary alicyclic amines) is 1. The first kappa shape index (κ1) is 23.6. The molecule has 0 bridgehead atoms. The van der Waals surface area contributed by atoms with E-state index in [0.29, 0.717) is 25.4 Å². The number of aromatic nitrogens is 4. The van der Waals surface area contributed by atoms with Gasteiger partial charge in [-0.2, -0.15) is 31.4 Å². The van der Waals surface area contributed by atoms with Crippen LogP contribution in [0.3, 0.4) is 0 Å². The number of hydrogen-bond acceptors (Lipinski definition) is 4. The zero-order valence-corrected chi connectivity index (χ0v) is 17.7. The molecule has 0 radical (unpaired) electrons. The van der Waals surface area contributed by atoms with E-state index in [1.54, 1.807) is 0 Å². The lowest BCUT2D eigenvalue weighted by Crippen LogP contribution is -2.45. The third-order valence-corrected chi connectivity index (χ3v) is 6.23. The molecule has 4 rings (SSSR count). The maximum atomic E-state index is 13.5. The standard InChI is InChI=1S/C19H18ClF6N5O2/c20-12-5-11(19(24,25)26)8-27-13(12)9-30-17(33)31-14(16(32)29-3-1-2-4-29)6-10(18(21,22)23)7-15(31)28-30/h5,8,10,14H,1-4,6-7,9H2. The zero-order chi connectivity index (χ0) is 24.1. The van der Waals surface area contributed by atoms with Crippen LogP contribution in [0, 0.1) is 5.92 Å². The first-order valence-corrected chi connectivity index (χ1v) is 10.5. The topological polar surface area (TPSA) is 73.0 Å². The molecule has 0 aliphatic carbocycles. The molecular formula is C19H18ClF6N5O2. The molecule has 1 amide bonds. The highest BCUT2D eigenvalue weighted by Gasteiger charge is 2.48. The van der Waals surface area contributed by atoms with Gasteiger partial charge >= 0.3 is 18.0 Å². The van der Waals surface area contributed by atoms with Crippen LogP contribution >= 0.6 is 11.6 Å². The molecule has 2 atom stereocenters. The maximum Gasteiger partial charge on any atom is 0.417 e. The van der Waals surface area contributed by atoms with Crippen molar-refractivity contribution in [1.82, 2.24) is 24.2 Å². The van der Waals surface area contributed by atoms with Gasteiger partial charge in [0.2, 0.25) is 5.91 Å².